The zero-order chi connectivity index (χ0) is 23.2. The number of thioether (sulfide) groups is 1. The minimum absolute atomic E-state index is 0.165. The fraction of sp³-hybridized carbons (Fsp3) is 0.160. The quantitative estimate of drug-likeness (QED) is 0.411. The molecule has 0 spiro atoms. The standard InChI is InChI=1S/C25H23ClN2O4S/c1-30-20-11-9-18(26)14-19(20)27-25-28-24(29)23(33-25)13-17-8-10-21(22(12-17)31-2)32-15-16-6-4-3-5-7-16/h3-14,25,27H,15H2,1-2H3,(H,28,29)/b23-13-. The molecule has 0 radical (unpaired) electrons. The van der Waals surface area contributed by atoms with Gasteiger partial charge in [0, 0.05) is 5.02 Å². The van der Waals surface area contributed by atoms with Gasteiger partial charge in [0.1, 0.15) is 12.4 Å². The van der Waals surface area contributed by atoms with Gasteiger partial charge in [0.15, 0.2) is 17.0 Å². The number of nitrogens with one attached hydrogen (secondary N) is 2. The minimum atomic E-state index is -0.355. The number of ether oxygens (including phenoxy) is 3. The Morgan fingerprint density at radius 2 is 1.76 bits per heavy atom. The van der Waals surface area contributed by atoms with E-state index >= 15 is 0 Å². The molecule has 3 aromatic rings. The highest BCUT2D eigenvalue weighted by Crippen LogP contribution is 2.35. The lowest BCUT2D eigenvalue weighted by Crippen LogP contribution is -2.31. The Balaban J connectivity index is 1.46. The molecule has 0 bridgehead atoms. The maximum atomic E-state index is 12.5. The first kappa shape index (κ1) is 22.9. The molecule has 1 heterocycles. The summed E-state index contributed by atoms with van der Waals surface area (Å²) >= 11 is 7.48. The van der Waals surface area contributed by atoms with Crippen molar-refractivity contribution in [2.24, 2.45) is 0 Å². The summed E-state index contributed by atoms with van der Waals surface area (Å²) in [6, 6.07) is 20.8. The fourth-order valence-corrected chi connectivity index (χ4v) is 4.43. The Labute approximate surface area is 201 Å². The van der Waals surface area contributed by atoms with E-state index in [1.807, 2.05) is 54.6 Å². The van der Waals surface area contributed by atoms with Gasteiger partial charge in [-0.05, 0) is 47.5 Å². The van der Waals surface area contributed by atoms with Gasteiger partial charge in [-0.25, -0.2) is 0 Å². The summed E-state index contributed by atoms with van der Waals surface area (Å²) < 4.78 is 16.8. The van der Waals surface area contributed by atoms with E-state index in [0.717, 1.165) is 11.1 Å². The lowest BCUT2D eigenvalue weighted by atomic mass is 10.2. The van der Waals surface area contributed by atoms with Crippen molar-refractivity contribution in [2.45, 2.75) is 12.1 Å². The van der Waals surface area contributed by atoms with E-state index in [4.69, 9.17) is 25.8 Å². The van der Waals surface area contributed by atoms with Gasteiger partial charge in [-0.3, -0.25) is 4.79 Å². The minimum Gasteiger partial charge on any atom is -0.495 e. The number of halogens is 1. The molecule has 1 atom stereocenters. The second kappa shape index (κ2) is 10.6. The van der Waals surface area contributed by atoms with Gasteiger partial charge in [-0.15, -0.1) is 0 Å². The first-order valence-corrected chi connectivity index (χ1v) is 11.5. The van der Waals surface area contributed by atoms with Gasteiger partial charge in [-0.1, -0.05) is 59.8 Å². The Hall–Kier alpha value is -3.29. The Kier molecular flexibility index (Phi) is 7.32. The van der Waals surface area contributed by atoms with Crippen molar-refractivity contribution >= 4 is 41.0 Å². The number of rotatable bonds is 8. The van der Waals surface area contributed by atoms with E-state index in [9.17, 15) is 4.79 Å². The SMILES string of the molecule is COc1ccc(Cl)cc1NC1NC(=O)/C(=C/c2ccc(OCc3ccccc3)c(OC)c2)S1. The second-order valence-electron chi connectivity index (χ2n) is 7.15. The molecule has 3 aromatic carbocycles. The van der Waals surface area contributed by atoms with Gasteiger partial charge in [0.05, 0.1) is 24.8 Å². The average Bonchev–Trinajstić information content (AvgIpc) is 3.17. The third-order valence-electron chi connectivity index (χ3n) is 4.90. The molecule has 1 amide bonds. The van der Waals surface area contributed by atoms with Crippen LogP contribution in [-0.4, -0.2) is 25.6 Å². The molecule has 170 valence electrons. The van der Waals surface area contributed by atoms with Gasteiger partial charge in [0.2, 0.25) is 0 Å². The molecule has 8 heteroatoms. The molecule has 1 saturated heterocycles. The molecule has 1 aliphatic heterocycles. The van der Waals surface area contributed by atoms with Crippen LogP contribution in [0.1, 0.15) is 11.1 Å². The molecule has 6 nitrogen and oxygen atoms in total. The molecule has 0 aliphatic carbocycles. The molecule has 2 N–H and O–H groups in total. The number of anilines is 1. The number of methoxy groups -OCH3 is 2. The average molecular weight is 483 g/mol. The Morgan fingerprint density at radius 3 is 2.52 bits per heavy atom. The molecule has 0 aromatic heterocycles. The van der Waals surface area contributed by atoms with Crippen LogP contribution in [0.2, 0.25) is 5.02 Å². The number of benzene rings is 3. The van der Waals surface area contributed by atoms with Crippen molar-refractivity contribution in [3.63, 3.8) is 0 Å². The summed E-state index contributed by atoms with van der Waals surface area (Å²) in [7, 11) is 3.18. The van der Waals surface area contributed by atoms with Gasteiger partial charge >= 0.3 is 0 Å². The molecule has 1 unspecified atom stereocenters. The fourth-order valence-electron chi connectivity index (χ4n) is 3.28. The van der Waals surface area contributed by atoms with Crippen molar-refractivity contribution in [2.75, 3.05) is 19.5 Å². The summed E-state index contributed by atoms with van der Waals surface area (Å²) in [4.78, 5) is 13.1. The predicted octanol–water partition coefficient (Wildman–Crippen LogP) is 5.54. The lowest BCUT2D eigenvalue weighted by molar-refractivity contribution is -0.116. The highest BCUT2D eigenvalue weighted by molar-refractivity contribution is 8.05. The first-order chi connectivity index (χ1) is 16.1. The van der Waals surface area contributed by atoms with Crippen LogP contribution in [0.3, 0.4) is 0 Å². The summed E-state index contributed by atoms with van der Waals surface area (Å²) in [5.74, 6) is 1.71. The van der Waals surface area contributed by atoms with Crippen LogP contribution in [0.4, 0.5) is 5.69 Å². The smallest absolute Gasteiger partial charge is 0.260 e. The van der Waals surface area contributed by atoms with Crippen molar-refractivity contribution in [3.8, 4) is 17.2 Å². The molecule has 1 aliphatic rings. The van der Waals surface area contributed by atoms with Gasteiger partial charge in [-0.2, -0.15) is 0 Å². The van der Waals surface area contributed by atoms with E-state index in [1.165, 1.54) is 11.8 Å². The highest BCUT2D eigenvalue weighted by atomic mass is 35.5. The molecule has 33 heavy (non-hydrogen) atoms. The zero-order valence-electron chi connectivity index (χ0n) is 18.1. The number of carbonyl (C=O) groups excluding carboxylic acids is 1. The van der Waals surface area contributed by atoms with E-state index in [0.29, 0.717) is 39.5 Å². The van der Waals surface area contributed by atoms with E-state index in [1.54, 1.807) is 32.4 Å². The van der Waals surface area contributed by atoms with Crippen molar-refractivity contribution in [3.05, 3.63) is 87.8 Å². The topological polar surface area (TPSA) is 68.8 Å². The van der Waals surface area contributed by atoms with Crippen LogP contribution < -0.4 is 24.8 Å². The van der Waals surface area contributed by atoms with Crippen LogP contribution in [0.5, 0.6) is 17.2 Å². The second-order valence-corrected chi connectivity index (χ2v) is 8.74. The van der Waals surface area contributed by atoms with Crippen LogP contribution in [0.15, 0.2) is 71.6 Å². The third kappa shape index (κ3) is 5.74. The van der Waals surface area contributed by atoms with Crippen LogP contribution in [0.25, 0.3) is 6.08 Å². The summed E-state index contributed by atoms with van der Waals surface area (Å²) in [6.07, 6.45) is 1.82. The summed E-state index contributed by atoms with van der Waals surface area (Å²) in [6.45, 7) is 0.441. The molecular formula is C25H23ClN2O4S. The Morgan fingerprint density at radius 1 is 1.00 bits per heavy atom. The number of hydrogen-bond donors (Lipinski definition) is 2. The molecule has 1 fully saturated rings. The van der Waals surface area contributed by atoms with Crippen molar-refractivity contribution in [1.29, 1.82) is 0 Å². The Bertz CT molecular complexity index is 1170. The van der Waals surface area contributed by atoms with Crippen LogP contribution in [0, 0.1) is 0 Å². The highest BCUT2D eigenvalue weighted by Gasteiger charge is 2.28. The van der Waals surface area contributed by atoms with Gasteiger partial charge < -0.3 is 24.8 Å². The molecule has 4 rings (SSSR count). The lowest BCUT2D eigenvalue weighted by Gasteiger charge is -2.15. The molecule has 0 saturated carbocycles. The maximum absolute atomic E-state index is 12.5. The molecular weight excluding hydrogens is 460 g/mol. The van der Waals surface area contributed by atoms with E-state index < -0.39 is 0 Å². The number of carbonyl (C=O) groups is 1. The maximum Gasteiger partial charge on any atom is 0.260 e. The monoisotopic (exact) mass is 482 g/mol. The summed E-state index contributed by atoms with van der Waals surface area (Å²) in [5.41, 5.74) is 2.24. The van der Waals surface area contributed by atoms with Crippen molar-refractivity contribution in [1.82, 2.24) is 5.32 Å². The predicted molar refractivity (Wildman–Crippen MR) is 133 cm³/mol. The van der Waals surface area contributed by atoms with Gasteiger partial charge in [0.25, 0.3) is 5.91 Å². The number of amides is 1. The largest absolute Gasteiger partial charge is 0.495 e. The van der Waals surface area contributed by atoms with E-state index in [-0.39, 0.29) is 11.4 Å². The zero-order valence-corrected chi connectivity index (χ0v) is 19.7. The first-order valence-electron chi connectivity index (χ1n) is 10.2. The number of hydrogen-bond acceptors (Lipinski definition) is 6. The van der Waals surface area contributed by atoms with Crippen molar-refractivity contribution < 1.29 is 19.0 Å². The summed E-state index contributed by atoms with van der Waals surface area (Å²) in [5, 5.41) is 6.73. The van der Waals surface area contributed by atoms with E-state index in [2.05, 4.69) is 10.6 Å². The third-order valence-corrected chi connectivity index (χ3v) is 6.17. The van der Waals surface area contributed by atoms with Crippen LogP contribution in [-0.2, 0) is 11.4 Å². The van der Waals surface area contributed by atoms with Crippen LogP contribution >= 0.6 is 23.4 Å². The normalized spacial score (nSPS) is 16.4.